The minimum atomic E-state index is -0.577. The minimum absolute atomic E-state index is 0.00183. The highest BCUT2D eigenvalue weighted by Crippen LogP contribution is 2.15. The molecule has 0 heterocycles. The number of ether oxygens (including phenoxy) is 1. The molecule has 1 rings (SSSR count). The summed E-state index contributed by atoms with van der Waals surface area (Å²) in [6.07, 6.45) is 1.09. The lowest BCUT2D eigenvalue weighted by molar-refractivity contribution is 0.00858. The van der Waals surface area contributed by atoms with Crippen LogP contribution in [0.15, 0.2) is 42.0 Å². The molecule has 0 saturated carbocycles. The first kappa shape index (κ1) is 16.9. The Bertz CT molecular complexity index is 400. The SMILES string of the molecule is C/C=C(\C)[C@@H](O)C[C@H](O)[C@H](C)COCc1ccccc1. The molecule has 0 fully saturated rings. The third-order valence-electron chi connectivity index (χ3n) is 3.59. The van der Waals surface area contributed by atoms with Crippen molar-refractivity contribution in [3.05, 3.63) is 47.5 Å². The van der Waals surface area contributed by atoms with Crippen LogP contribution in [0.25, 0.3) is 0 Å². The van der Waals surface area contributed by atoms with Gasteiger partial charge in [-0.2, -0.15) is 0 Å². The highest BCUT2D eigenvalue weighted by atomic mass is 16.5. The molecule has 0 saturated heterocycles. The second-order valence-corrected chi connectivity index (χ2v) is 5.33. The number of aliphatic hydroxyl groups excluding tert-OH is 2. The minimum Gasteiger partial charge on any atom is -0.393 e. The predicted octanol–water partition coefficient (Wildman–Crippen LogP) is 2.92. The van der Waals surface area contributed by atoms with E-state index in [4.69, 9.17) is 4.74 Å². The Morgan fingerprint density at radius 2 is 1.90 bits per heavy atom. The van der Waals surface area contributed by atoms with E-state index in [-0.39, 0.29) is 5.92 Å². The zero-order chi connectivity index (χ0) is 15.0. The van der Waals surface area contributed by atoms with Crippen molar-refractivity contribution in [1.82, 2.24) is 0 Å². The number of hydrogen-bond acceptors (Lipinski definition) is 3. The van der Waals surface area contributed by atoms with E-state index in [1.54, 1.807) is 0 Å². The highest BCUT2D eigenvalue weighted by Gasteiger charge is 2.19. The molecule has 0 radical (unpaired) electrons. The molecule has 0 spiro atoms. The van der Waals surface area contributed by atoms with Gasteiger partial charge < -0.3 is 14.9 Å². The van der Waals surface area contributed by atoms with Crippen molar-refractivity contribution in [1.29, 1.82) is 0 Å². The van der Waals surface area contributed by atoms with Crippen LogP contribution >= 0.6 is 0 Å². The summed E-state index contributed by atoms with van der Waals surface area (Å²) in [7, 11) is 0. The monoisotopic (exact) mass is 278 g/mol. The Labute approximate surface area is 121 Å². The van der Waals surface area contributed by atoms with Gasteiger partial charge >= 0.3 is 0 Å². The fraction of sp³-hybridized carbons (Fsp3) is 0.529. The molecule has 0 unspecified atom stereocenters. The first-order valence-corrected chi connectivity index (χ1v) is 7.15. The topological polar surface area (TPSA) is 49.7 Å². The summed E-state index contributed by atoms with van der Waals surface area (Å²) < 4.78 is 5.61. The van der Waals surface area contributed by atoms with Gasteiger partial charge in [0.15, 0.2) is 0 Å². The van der Waals surface area contributed by atoms with Crippen LogP contribution in [0.4, 0.5) is 0 Å². The maximum atomic E-state index is 10.1. The largest absolute Gasteiger partial charge is 0.393 e. The molecule has 3 nitrogen and oxygen atoms in total. The van der Waals surface area contributed by atoms with E-state index >= 15 is 0 Å². The van der Waals surface area contributed by atoms with Gasteiger partial charge in [-0.15, -0.1) is 0 Å². The molecule has 0 amide bonds. The van der Waals surface area contributed by atoms with E-state index in [1.165, 1.54) is 0 Å². The molecular weight excluding hydrogens is 252 g/mol. The zero-order valence-electron chi connectivity index (χ0n) is 12.6. The van der Waals surface area contributed by atoms with Crippen molar-refractivity contribution in [3.8, 4) is 0 Å². The third kappa shape index (κ3) is 5.87. The van der Waals surface area contributed by atoms with Gasteiger partial charge in [0, 0.05) is 12.3 Å². The van der Waals surface area contributed by atoms with Crippen molar-refractivity contribution < 1.29 is 14.9 Å². The molecule has 0 bridgehead atoms. The van der Waals surface area contributed by atoms with Gasteiger partial charge in [-0.05, 0) is 25.0 Å². The number of hydrogen-bond donors (Lipinski definition) is 2. The van der Waals surface area contributed by atoms with E-state index in [9.17, 15) is 10.2 Å². The van der Waals surface area contributed by atoms with Gasteiger partial charge in [-0.3, -0.25) is 0 Å². The molecule has 1 aromatic rings. The van der Waals surface area contributed by atoms with Gasteiger partial charge in [0.05, 0.1) is 25.4 Å². The third-order valence-corrected chi connectivity index (χ3v) is 3.59. The molecular formula is C17H26O3. The quantitative estimate of drug-likeness (QED) is 0.719. The van der Waals surface area contributed by atoms with Crippen molar-refractivity contribution in [2.24, 2.45) is 5.92 Å². The number of rotatable bonds is 8. The predicted molar refractivity (Wildman–Crippen MR) is 81.3 cm³/mol. The van der Waals surface area contributed by atoms with Crippen LogP contribution in [-0.2, 0) is 11.3 Å². The van der Waals surface area contributed by atoms with E-state index in [0.717, 1.165) is 11.1 Å². The van der Waals surface area contributed by atoms with E-state index in [1.807, 2.05) is 57.2 Å². The van der Waals surface area contributed by atoms with Crippen LogP contribution < -0.4 is 0 Å². The Hall–Kier alpha value is -1.16. The van der Waals surface area contributed by atoms with Crippen molar-refractivity contribution in [2.45, 2.75) is 46.0 Å². The fourth-order valence-corrected chi connectivity index (χ4v) is 1.89. The van der Waals surface area contributed by atoms with Crippen molar-refractivity contribution >= 4 is 0 Å². The maximum absolute atomic E-state index is 10.1. The normalized spacial score (nSPS) is 16.8. The Morgan fingerprint density at radius 1 is 1.25 bits per heavy atom. The molecule has 2 N–H and O–H groups in total. The molecule has 112 valence electrons. The number of aliphatic hydroxyl groups is 2. The van der Waals surface area contributed by atoms with E-state index < -0.39 is 12.2 Å². The van der Waals surface area contributed by atoms with Crippen LogP contribution in [0.2, 0.25) is 0 Å². The van der Waals surface area contributed by atoms with E-state index in [2.05, 4.69) is 0 Å². The van der Waals surface area contributed by atoms with Gasteiger partial charge in [0.2, 0.25) is 0 Å². The lowest BCUT2D eigenvalue weighted by Crippen LogP contribution is -2.27. The second-order valence-electron chi connectivity index (χ2n) is 5.33. The molecule has 1 aromatic carbocycles. The van der Waals surface area contributed by atoms with Crippen LogP contribution in [-0.4, -0.2) is 29.0 Å². The first-order valence-electron chi connectivity index (χ1n) is 7.15. The summed E-state index contributed by atoms with van der Waals surface area (Å²) in [5.74, 6) is -0.00183. The van der Waals surface area contributed by atoms with Crippen LogP contribution in [0, 0.1) is 5.92 Å². The number of allylic oxidation sites excluding steroid dienone is 1. The summed E-state index contributed by atoms with van der Waals surface area (Å²) in [6.45, 7) is 6.73. The Morgan fingerprint density at radius 3 is 2.50 bits per heavy atom. The van der Waals surface area contributed by atoms with E-state index in [0.29, 0.717) is 19.6 Å². The summed E-state index contributed by atoms with van der Waals surface area (Å²) in [4.78, 5) is 0. The lowest BCUT2D eigenvalue weighted by Gasteiger charge is -2.22. The Kier molecular flexibility index (Phi) is 7.52. The molecule has 3 heteroatoms. The van der Waals surface area contributed by atoms with Gasteiger partial charge in [0.1, 0.15) is 0 Å². The second kappa shape index (κ2) is 8.90. The molecule has 3 atom stereocenters. The molecule has 0 aromatic heterocycles. The van der Waals surface area contributed by atoms with Crippen LogP contribution in [0.5, 0.6) is 0 Å². The van der Waals surface area contributed by atoms with Gasteiger partial charge in [-0.1, -0.05) is 43.3 Å². The summed E-state index contributed by atoms with van der Waals surface area (Å²) >= 11 is 0. The van der Waals surface area contributed by atoms with Crippen LogP contribution in [0.3, 0.4) is 0 Å². The van der Waals surface area contributed by atoms with Gasteiger partial charge in [-0.25, -0.2) is 0 Å². The van der Waals surface area contributed by atoms with Crippen LogP contribution in [0.1, 0.15) is 32.8 Å². The average molecular weight is 278 g/mol. The maximum Gasteiger partial charge on any atom is 0.0772 e. The van der Waals surface area contributed by atoms with Crippen molar-refractivity contribution in [3.63, 3.8) is 0 Å². The molecule has 0 aliphatic rings. The molecule has 0 aliphatic heterocycles. The smallest absolute Gasteiger partial charge is 0.0772 e. The van der Waals surface area contributed by atoms with Gasteiger partial charge in [0.25, 0.3) is 0 Å². The van der Waals surface area contributed by atoms with Crippen molar-refractivity contribution in [2.75, 3.05) is 6.61 Å². The summed E-state index contributed by atoms with van der Waals surface area (Å²) in [6, 6.07) is 9.96. The molecule has 20 heavy (non-hydrogen) atoms. The lowest BCUT2D eigenvalue weighted by atomic mass is 9.97. The summed E-state index contributed by atoms with van der Waals surface area (Å²) in [5, 5.41) is 19.9. The standard InChI is InChI=1S/C17H26O3/c1-4-13(2)16(18)10-17(19)14(3)11-20-12-15-8-6-5-7-9-15/h4-9,14,16-19H,10-12H2,1-3H3/b13-4+/t14-,16+,17+/m1/s1. The highest BCUT2D eigenvalue weighted by molar-refractivity contribution is 5.13. The fourth-order valence-electron chi connectivity index (χ4n) is 1.89. The summed E-state index contributed by atoms with van der Waals surface area (Å²) in [5.41, 5.74) is 2.01. The Balaban J connectivity index is 2.29. The zero-order valence-corrected chi connectivity index (χ0v) is 12.6. The number of benzene rings is 1. The first-order chi connectivity index (χ1) is 9.54. The average Bonchev–Trinajstić information content (AvgIpc) is 2.47. The molecule has 0 aliphatic carbocycles.